The topological polar surface area (TPSA) is 29.1 Å². The molecule has 2 aromatic rings. The van der Waals surface area contributed by atoms with Gasteiger partial charge in [-0.3, -0.25) is 4.79 Å². The largest absolute Gasteiger partial charge is 0.321 e. The predicted octanol–water partition coefficient (Wildman–Crippen LogP) is 5.46. The molecule has 0 saturated carbocycles. The zero-order valence-corrected chi connectivity index (χ0v) is 13.8. The molecule has 2 nitrogen and oxygen atoms in total. The normalized spacial score (nSPS) is 11.1. The molecular weight excluding hydrogens is 296 g/mol. The van der Waals surface area contributed by atoms with Gasteiger partial charge >= 0.3 is 0 Å². The predicted molar refractivity (Wildman–Crippen MR) is 88.9 cm³/mol. The molecule has 23 heavy (non-hydrogen) atoms. The highest BCUT2D eigenvalue weighted by molar-refractivity contribution is 6.05. The van der Waals surface area contributed by atoms with Crippen molar-refractivity contribution < 1.29 is 13.6 Å². The highest BCUT2D eigenvalue weighted by Crippen LogP contribution is 2.32. The standard InChI is InChI=1S/C19H21F2NO/c1-11(2)16-6-5-7-17(12(3)4)18(16)22-19(23)13-8-14(20)10-15(21)9-13/h5-12H,1-4H3,(H,22,23). The van der Waals surface area contributed by atoms with Crippen molar-refractivity contribution in [3.8, 4) is 0 Å². The van der Waals surface area contributed by atoms with Crippen LogP contribution in [0.4, 0.5) is 14.5 Å². The van der Waals surface area contributed by atoms with Gasteiger partial charge in [-0.25, -0.2) is 8.78 Å². The van der Waals surface area contributed by atoms with Crippen molar-refractivity contribution in [2.45, 2.75) is 39.5 Å². The van der Waals surface area contributed by atoms with E-state index in [4.69, 9.17) is 0 Å². The summed E-state index contributed by atoms with van der Waals surface area (Å²) in [6, 6.07) is 8.69. The van der Waals surface area contributed by atoms with Crippen molar-refractivity contribution in [1.29, 1.82) is 0 Å². The van der Waals surface area contributed by atoms with Crippen LogP contribution in [0.15, 0.2) is 36.4 Å². The number of benzene rings is 2. The number of rotatable bonds is 4. The van der Waals surface area contributed by atoms with Crippen LogP contribution in [0.5, 0.6) is 0 Å². The van der Waals surface area contributed by atoms with Gasteiger partial charge in [0.2, 0.25) is 0 Å². The lowest BCUT2D eigenvalue weighted by Crippen LogP contribution is -2.16. The van der Waals surface area contributed by atoms with Crippen molar-refractivity contribution in [2.24, 2.45) is 0 Å². The second-order valence-electron chi connectivity index (χ2n) is 6.23. The number of carbonyl (C=O) groups is 1. The Labute approximate surface area is 135 Å². The second-order valence-corrected chi connectivity index (χ2v) is 6.23. The van der Waals surface area contributed by atoms with Crippen molar-refractivity contribution in [1.82, 2.24) is 0 Å². The lowest BCUT2D eigenvalue weighted by molar-refractivity contribution is 0.102. The maximum absolute atomic E-state index is 13.3. The Kier molecular flexibility index (Phi) is 5.14. The Bertz CT molecular complexity index is 677. The van der Waals surface area contributed by atoms with E-state index in [0.29, 0.717) is 0 Å². The molecule has 0 atom stereocenters. The third-order valence-electron chi connectivity index (χ3n) is 3.74. The average Bonchev–Trinajstić information content (AvgIpc) is 2.45. The van der Waals surface area contributed by atoms with Crippen molar-refractivity contribution in [3.05, 3.63) is 64.7 Å². The summed E-state index contributed by atoms with van der Waals surface area (Å²) >= 11 is 0. The summed E-state index contributed by atoms with van der Waals surface area (Å²) in [6.45, 7) is 8.15. The molecule has 0 aliphatic rings. The Morgan fingerprint density at radius 1 is 0.913 bits per heavy atom. The third-order valence-corrected chi connectivity index (χ3v) is 3.74. The first-order chi connectivity index (χ1) is 10.8. The number of amides is 1. The van der Waals surface area contributed by atoms with E-state index in [-0.39, 0.29) is 17.4 Å². The van der Waals surface area contributed by atoms with Gasteiger partial charge in [0.05, 0.1) is 0 Å². The average molecular weight is 317 g/mol. The molecule has 0 spiro atoms. The molecule has 0 unspecified atom stereocenters. The van der Waals surface area contributed by atoms with Gasteiger partial charge in [0.15, 0.2) is 0 Å². The lowest BCUT2D eigenvalue weighted by Gasteiger charge is -2.20. The van der Waals surface area contributed by atoms with Gasteiger partial charge in [-0.05, 0) is 35.1 Å². The molecule has 0 aliphatic heterocycles. The number of hydrogen-bond acceptors (Lipinski definition) is 1. The van der Waals surface area contributed by atoms with Gasteiger partial charge in [-0.15, -0.1) is 0 Å². The highest BCUT2D eigenvalue weighted by Gasteiger charge is 2.17. The van der Waals surface area contributed by atoms with Crippen LogP contribution in [0.2, 0.25) is 0 Å². The van der Waals surface area contributed by atoms with Crippen LogP contribution < -0.4 is 5.32 Å². The molecule has 0 aliphatic carbocycles. The quantitative estimate of drug-likeness (QED) is 0.796. The highest BCUT2D eigenvalue weighted by atomic mass is 19.1. The van der Waals surface area contributed by atoms with Crippen LogP contribution in [0.1, 0.15) is 61.0 Å². The minimum absolute atomic E-state index is 0.0317. The van der Waals surface area contributed by atoms with E-state index in [1.807, 2.05) is 45.9 Å². The van der Waals surface area contributed by atoms with Gasteiger partial charge in [-0.2, -0.15) is 0 Å². The van der Waals surface area contributed by atoms with Crippen LogP contribution in [-0.4, -0.2) is 5.91 Å². The number of halogens is 2. The molecule has 1 amide bonds. The smallest absolute Gasteiger partial charge is 0.255 e. The summed E-state index contributed by atoms with van der Waals surface area (Å²) in [6.07, 6.45) is 0. The van der Waals surface area contributed by atoms with Gasteiger partial charge in [0, 0.05) is 17.3 Å². The van der Waals surface area contributed by atoms with Gasteiger partial charge in [0.1, 0.15) is 11.6 Å². The van der Waals surface area contributed by atoms with E-state index in [1.54, 1.807) is 0 Å². The Morgan fingerprint density at radius 3 is 1.83 bits per heavy atom. The molecule has 0 bridgehead atoms. The van der Waals surface area contributed by atoms with Crippen molar-refractivity contribution in [2.75, 3.05) is 5.32 Å². The van der Waals surface area contributed by atoms with Gasteiger partial charge in [0.25, 0.3) is 5.91 Å². The summed E-state index contributed by atoms with van der Waals surface area (Å²) in [5.41, 5.74) is 2.70. The molecule has 2 aromatic carbocycles. The van der Waals surface area contributed by atoms with E-state index >= 15 is 0 Å². The summed E-state index contributed by atoms with van der Waals surface area (Å²) in [4.78, 5) is 12.4. The fourth-order valence-electron chi connectivity index (χ4n) is 2.57. The van der Waals surface area contributed by atoms with Crippen LogP contribution in [0.25, 0.3) is 0 Å². The number of para-hydroxylation sites is 1. The number of hydrogen-bond donors (Lipinski definition) is 1. The lowest BCUT2D eigenvalue weighted by atomic mass is 9.92. The molecule has 122 valence electrons. The van der Waals surface area contributed by atoms with Crippen molar-refractivity contribution >= 4 is 11.6 Å². The Hall–Kier alpha value is -2.23. The minimum atomic E-state index is -0.767. The minimum Gasteiger partial charge on any atom is -0.321 e. The van der Waals surface area contributed by atoms with E-state index in [2.05, 4.69) is 5.32 Å². The first kappa shape index (κ1) is 17.1. The fourth-order valence-corrected chi connectivity index (χ4v) is 2.57. The molecule has 0 fully saturated rings. The molecule has 2 rings (SSSR count). The summed E-state index contributed by atoms with van der Waals surface area (Å²) in [5, 5.41) is 2.84. The SMILES string of the molecule is CC(C)c1cccc(C(C)C)c1NC(=O)c1cc(F)cc(F)c1. The molecule has 0 radical (unpaired) electrons. The number of nitrogens with one attached hydrogen (secondary N) is 1. The summed E-state index contributed by atoms with van der Waals surface area (Å²) in [5.74, 6) is -1.62. The van der Waals surface area contributed by atoms with E-state index < -0.39 is 17.5 Å². The van der Waals surface area contributed by atoms with Crippen LogP contribution in [-0.2, 0) is 0 Å². The third kappa shape index (κ3) is 3.95. The molecule has 0 saturated heterocycles. The van der Waals surface area contributed by atoms with E-state index in [0.717, 1.165) is 35.0 Å². The molecular formula is C19H21F2NO. The molecule has 1 N–H and O–H groups in total. The van der Waals surface area contributed by atoms with Crippen LogP contribution >= 0.6 is 0 Å². The maximum atomic E-state index is 13.3. The van der Waals surface area contributed by atoms with Crippen molar-refractivity contribution in [3.63, 3.8) is 0 Å². The van der Waals surface area contributed by atoms with Crippen LogP contribution in [0.3, 0.4) is 0 Å². The van der Waals surface area contributed by atoms with Gasteiger partial charge in [-0.1, -0.05) is 45.9 Å². The Morgan fingerprint density at radius 2 is 1.39 bits per heavy atom. The Balaban J connectivity index is 2.44. The first-order valence-corrected chi connectivity index (χ1v) is 7.69. The molecule has 4 heteroatoms. The zero-order chi connectivity index (χ0) is 17.1. The summed E-state index contributed by atoms with van der Waals surface area (Å²) < 4.78 is 26.6. The van der Waals surface area contributed by atoms with Gasteiger partial charge < -0.3 is 5.32 Å². The first-order valence-electron chi connectivity index (χ1n) is 7.69. The molecule has 0 aromatic heterocycles. The molecule has 0 heterocycles. The van der Waals surface area contributed by atoms with Crippen LogP contribution in [0, 0.1) is 11.6 Å². The number of anilines is 1. The second kappa shape index (κ2) is 6.90. The van der Waals surface area contributed by atoms with E-state index in [1.165, 1.54) is 0 Å². The maximum Gasteiger partial charge on any atom is 0.255 e. The number of carbonyl (C=O) groups excluding carboxylic acids is 1. The van der Waals surface area contributed by atoms with E-state index in [9.17, 15) is 13.6 Å². The summed E-state index contributed by atoms with van der Waals surface area (Å²) in [7, 11) is 0. The monoisotopic (exact) mass is 317 g/mol. The fraction of sp³-hybridized carbons (Fsp3) is 0.316. The zero-order valence-electron chi connectivity index (χ0n) is 13.8.